The molecule has 55 heavy (non-hydrogen) atoms. The van der Waals surface area contributed by atoms with E-state index >= 15 is 0 Å². The molecule has 2 aliphatic heterocycles. The number of halogens is 6. The first-order chi connectivity index (χ1) is 26.0. The van der Waals surface area contributed by atoms with Crippen LogP contribution in [0.15, 0.2) is 36.4 Å². The number of hydrogen-bond acceptors (Lipinski definition) is 9. The third-order valence-corrected chi connectivity index (χ3v) is 12.8. The van der Waals surface area contributed by atoms with Gasteiger partial charge in [-0.2, -0.15) is 10.2 Å². The van der Waals surface area contributed by atoms with Crippen molar-refractivity contribution in [3.63, 3.8) is 0 Å². The van der Waals surface area contributed by atoms with E-state index in [1.54, 1.807) is 25.8 Å². The van der Waals surface area contributed by atoms with Crippen LogP contribution in [-0.4, -0.2) is 107 Å². The predicted octanol–water partition coefficient (Wildman–Crippen LogP) is 7.53. The summed E-state index contributed by atoms with van der Waals surface area (Å²) >= 11 is 28.1. The lowest BCUT2D eigenvalue weighted by molar-refractivity contribution is -0.138. The molecular weight excluding hydrogens is 1020 g/mol. The third-order valence-electron chi connectivity index (χ3n) is 9.08. The van der Waals surface area contributed by atoms with Gasteiger partial charge in [0, 0.05) is 74.9 Å². The first-order valence-electron chi connectivity index (χ1n) is 17.2. The van der Waals surface area contributed by atoms with Gasteiger partial charge in [0.1, 0.15) is 32.0 Å². The summed E-state index contributed by atoms with van der Waals surface area (Å²) in [5.74, 6) is 0.523. The van der Waals surface area contributed by atoms with E-state index in [1.807, 2.05) is 70.8 Å². The maximum atomic E-state index is 12.8. The number of carboxylic acid groups (broad SMARTS) is 1. The summed E-state index contributed by atoms with van der Waals surface area (Å²) in [6, 6.07) is 12.3. The number of hydrogen-bond donors (Lipinski definition) is 2. The summed E-state index contributed by atoms with van der Waals surface area (Å²) in [4.78, 5) is 29.6. The fourth-order valence-electron chi connectivity index (χ4n) is 6.05. The highest BCUT2D eigenvalue weighted by Crippen LogP contribution is 2.32. The van der Waals surface area contributed by atoms with Crippen LogP contribution in [-0.2, 0) is 22.7 Å². The van der Waals surface area contributed by atoms with Crippen LogP contribution in [0, 0.1) is 21.2 Å². The first-order valence-corrected chi connectivity index (χ1v) is 20.9. The van der Waals surface area contributed by atoms with Crippen molar-refractivity contribution in [2.75, 3.05) is 63.3 Å². The molecule has 4 aromatic rings. The van der Waals surface area contributed by atoms with Crippen LogP contribution in [0.1, 0.15) is 25.2 Å². The van der Waals surface area contributed by atoms with Gasteiger partial charge in [-0.1, -0.05) is 46.4 Å². The van der Waals surface area contributed by atoms with Crippen LogP contribution >= 0.6 is 91.6 Å². The fourth-order valence-corrected chi connectivity index (χ4v) is 8.01. The molecule has 0 aliphatic carbocycles. The van der Waals surface area contributed by atoms with Crippen LogP contribution in [0.3, 0.4) is 0 Å². The number of nitrogens with zero attached hydrogens (tertiary/aromatic N) is 7. The summed E-state index contributed by atoms with van der Waals surface area (Å²) in [7, 11) is 3.25. The fraction of sp³-hybridized carbons (Fsp3) is 0.444. The SMILES string of the molecule is COc1cc(N2CCN(C(=O)Cn3nc(I)c(Cl)c3C)[C@@H](C)C2)ccc1Cl.COc1cc(N2CCN[C@@H](C)C2)ccc1Cl.Cc1c(Cl)c(I)nn1CC(=O)O. The molecule has 2 aromatic heterocycles. The highest BCUT2D eigenvalue weighted by molar-refractivity contribution is 14.1. The molecule has 4 heterocycles. The Balaban J connectivity index is 0.000000203. The van der Waals surface area contributed by atoms with Crippen LogP contribution in [0.5, 0.6) is 11.5 Å². The molecule has 0 unspecified atom stereocenters. The lowest BCUT2D eigenvalue weighted by atomic mass is 10.1. The molecule has 6 rings (SSSR count). The number of ether oxygens (including phenoxy) is 2. The second kappa shape index (κ2) is 20.8. The number of nitrogens with one attached hydrogen (secondary N) is 1. The number of aromatic nitrogens is 4. The minimum absolute atomic E-state index is 0.0505. The maximum absolute atomic E-state index is 12.8. The van der Waals surface area contributed by atoms with Crippen LogP contribution in [0.4, 0.5) is 11.4 Å². The van der Waals surface area contributed by atoms with E-state index in [9.17, 15) is 9.59 Å². The number of aliphatic carboxylic acids is 1. The zero-order chi connectivity index (χ0) is 40.6. The zero-order valence-corrected chi connectivity index (χ0v) is 38.6. The average Bonchev–Trinajstić information content (AvgIpc) is 3.54. The van der Waals surface area contributed by atoms with Crippen LogP contribution < -0.4 is 24.6 Å². The smallest absolute Gasteiger partial charge is 0.325 e. The number of piperazine rings is 2. The standard InChI is InChI=1S/C18H21Cl2IN4O2.C12H17ClN2O.C6H6ClIN2O2/c1-11-9-23(13-4-5-14(19)15(8-13)27-3)6-7-24(11)16(26)10-25-12(2)17(20)18(21)22-25;1-9-8-15(6-5-14-9)10-3-4-11(13)12(7-10)16-2;1-3-5(7)6(8)9-10(3)2-4(11)12/h4-5,8,11H,6-7,9-10H2,1-3H3;3-4,7,9,14H,5-6,8H2,1-2H3;2H2,1H3,(H,11,12)/t11-;9-;/m00./s1. The lowest BCUT2D eigenvalue weighted by Crippen LogP contribution is -2.54. The van der Waals surface area contributed by atoms with Gasteiger partial charge in [0.15, 0.2) is 0 Å². The number of methoxy groups -OCH3 is 2. The number of anilines is 2. The Bertz CT molecular complexity index is 1970. The van der Waals surface area contributed by atoms with Gasteiger partial charge in [-0.15, -0.1) is 0 Å². The van der Waals surface area contributed by atoms with E-state index < -0.39 is 5.97 Å². The Morgan fingerprint density at radius 3 is 1.71 bits per heavy atom. The minimum atomic E-state index is -0.923. The van der Waals surface area contributed by atoms with E-state index in [0.29, 0.717) is 51.5 Å². The molecule has 2 saturated heterocycles. The quantitative estimate of drug-likeness (QED) is 0.171. The molecular formula is C36H44Cl4I2N8O5. The van der Waals surface area contributed by atoms with Gasteiger partial charge >= 0.3 is 5.97 Å². The summed E-state index contributed by atoms with van der Waals surface area (Å²) in [6.45, 7) is 13.1. The molecule has 0 saturated carbocycles. The number of rotatable bonds is 8. The monoisotopic (exact) mass is 1060 g/mol. The molecule has 2 aromatic carbocycles. The van der Waals surface area contributed by atoms with Gasteiger partial charge in [-0.3, -0.25) is 19.0 Å². The second-order valence-corrected chi connectivity index (χ2v) is 16.5. The molecule has 1 amide bonds. The van der Waals surface area contributed by atoms with Crippen molar-refractivity contribution in [1.29, 1.82) is 0 Å². The van der Waals surface area contributed by atoms with Gasteiger partial charge in [-0.05, 0) is 97.1 Å². The summed E-state index contributed by atoms with van der Waals surface area (Å²) < 4.78 is 14.9. The summed E-state index contributed by atoms with van der Waals surface area (Å²) in [6.07, 6.45) is 0. The van der Waals surface area contributed by atoms with E-state index in [1.165, 1.54) is 10.4 Å². The zero-order valence-electron chi connectivity index (χ0n) is 31.3. The Hall–Kier alpha value is -2.42. The van der Waals surface area contributed by atoms with Crippen molar-refractivity contribution in [2.24, 2.45) is 0 Å². The summed E-state index contributed by atoms with van der Waals surface area (Å²) in [5, 5.41) is 22.6. The average molecular weight is 1060 g/mol. The van der Waals surface area contributed by atoms with Crippen molar-refractivity contribution in [2.45, 2.75) is 52.9 Å². The molecule has 0 radical (unpaired) electrons. The molecule has 2 fully saturated rings. The van der Waals surface area contributed by atoms with E-state index in [4.69, 9.17) is 61.0 Å². The Kier molecular flexibility index (Phi) is 17.2. The maximum Gasteiger partial charge on any atom is 0.325 e. The number of benzene rings is 2. The Labute approximate surface area is 368 Å². The van der Waals surface area contributed by atoms with Crippen molar-refractivity contribution in [3.8, 4) is 11.5 Å². The highest BCUT2D eigenvalue weighted by atomic mass is 127. The highest BCUT2D eigenvalue weighted by Gasteiger charge is 2.29. The van der Waals surface area contributed by atoms with Gasteiger partial charge in [0.2, 0.25) is 5.91 Å². The number of carbonyl (C=O) groups is 2. The topological polar surface area (TPSA) is 130 Å². The van der Waals surface area contributed by atoms with Crippen LogP contribution in [0.25, 0.3) is 0 Å². The second-order valence-electron chi connectivity index (χ2n) is 12.9. The largest absolute Gasteiger partial charge is 0.495 e. The Morgan fingerprint density at radius 2 is 1.29 bits per heavy atom. The molecule has 19 heteroatoms. The van der Waals surface area contributed by atoms with Crippen molar-refractivity contribution in [3.05, 3.63) is 75.3 Å². The number of carboxylic acids is 1. The first kappa shape index (κ1) is 45.3. The normalized spacial score (nSPS) is 16.8. The third kappa shape index (κ3) is 12.0. The summed E-state index contributed by atoms with van der Waals surface area (Å²) in [5.41, 5.74) is 3.71. The lowest BCUT2D eigenvalue weighted by Gasteiger charge is -2.41. The predicted molar refractivity (Wildman–Crippen MR) is 236 cm³/mol. The molecule has 13 nitrogen and oxygen atoms in total. The van der Waals surface area contributed by atoms with Gasteiger partial charge in [0.25, 0.3) is 0 Å². The molecule has 2 atom stereocenters. The van der Waals surface area contributed by atoms with Crippen molar-refractivity contribution < 1.29 is 24.2 Å². The molecule has 300 valence electrons. The molecule has 0 bridgehead atoms. The van der Waals surface area contributed by atoms with E-state index in [-0.39, 0.29) is 25.0 Å². The van der Waals surface area contributed by atoms with Gasteiger partial charge in [-0.25, -0.2) is 0 Å². The number of amides is 1. The van der Waals surface area contributed by atoms with Gasteiger partial charge < -0.3 is 34.6 Å². The molecule has 2 N–H and O–H groups in total. The minimum Gasteiger partial charge on any atom is -0.495 e. The van der Waals surface area contributed by atoms with Gasteiger partial charge in [0.05, 0.1) is 45.7 Å². The molecule has 2 aliphatic rings. The number of carbonyl (C=O) groups excluding carboxylic acids is 1. The molecule has 0 spiro atoms. The van der Waals surface area contributed by atoms with E-state index in [2.05, 4.69) is 61.8 Å². The van der Waals surface area contributed by atoms with Crippen molar-refractivity contribution in [1.82, 2.24) is 29.8 Å². The van der Waals surface area contributed by atoms with Crippen LogP contribution in [0.2, 0.25) is 20.1 Å². The Morgan fingerprint density at radius 1 is 0.800 bits per heavy atom. The van der Waals surface area contributed by atoms with E-state index in [0.717, 1.165) is 49.9 Å². The van der Waals surface area contributed by atoms with Crippen molar-refractivity contribution >= 4 is 115 Å².